The summed E-state index contributed by atoms with van der Waals surface area (Å²) in [7, 11) is 0. The lowest BCUT2D eigenvalue weighted by Crippen LogP contribution is -2.30. The number of nitrogens with one attached hydrogen (secondary N) is 1. The van der Waals surface area contributed by atoms with Gasteiger partial charge in [-0.3, -0.25) is 0 Å². The van der Waals surface area contributed by atoms with Gasteiger partial charge in [0.05, 0.1) is 0 Å². The number of rotatable bonds is 2. The molecule has 2 rings (SSSR count). The third-order valence-electron chi connectivity index (χ3n) is 2.56. The van der Waals surface area contributed by atoms with Crippen molar-refractivity contribution in [3.63, 3.8) is 0 Å². The van der Waals surface area contributed by atoms with Crippen molar-refractivity contribution in [3.05, 3.63) is 20.8 Å². The molecular formula is C10H14BrNS. The van der Waals surface area contributed by atoms with Gasteiger partial charge in [-0.15, -0.1) is 11.3 Å². The van der Waals surface area contributed by atoms with Crippen molar-refractivity contribution in [1.29, 1.82) is 0 Å². The van der Waals surface area contributed by atoms with E-state index in [1.165, 1.54) is 41.7 Å². The smallest absolute Gasteiger partial charge is 0.0314 e. The van der Waals surface area contributed by atoms with Crippen LogP contribution in [-0.4, -0.2) is 13.1 Å². The summed E-state index contributed by atoms with van der Waals surface area (Å²) >= 11 is 5.45. The molecule has 0 spiro atoms. The molecule has 0 saturated carbocycles. The summed E-state index contributed by atoms with van der Waals surface area (Å²) in [5.74, 6) is 0.851. The van der Waals surface area contributed by atoms with Gasteiger partial charge in [0.25, 0.3) is 0 Å². The molecule has 0 radical (unpaired) electrons. The van der Waals surface area contributed by atoms with Gasteiger partial charge in [0, 0.05) is 9.35 Å². The van der Waals surface area contributed by atoms with Crippen LogP contribution in [0.5, 0.6) is 0 Å². The van der Waals surface area contributed by atoms with Gasteiger partial charge >= 0.3 is 0 Å². The molecule has 1 atom stereocenters. The molecule has 2 heterocycles. The largest absolute Gasteiger partial charge is 0.316 e. The Hall–Kier alpha value is 0.140. The maximum Gasteiger partial charge on any atom is 0.0314 e. The molecule has 1 unspecified atom stereocenters. The number of hydrogen-bond donors (Lipinski definition) is 1. The first-order valence-corrected chi connectivity index (χ1v) is 6.46. The number of thiophene rings is 1. The standard InChI is InChI=1S/C10H14BrNS/c11-9-3-5-13-10(9)6-8-2-1-4-12-7-8/h3,5,8,12H,1-2,4,6-7H2. The summed E-state index contributed by atoms with van der Waals surface area (Å²) < 4.78 is 1.29. The SMILES string of the molecule is Brc1ccsc1CC1CCCNC1. The van der Waals surface area contributed by atoms with Gasteiger partial charge in [-0.1, -0.05) is 0 Å². The molecule has 72 valence electrons. The normalized spacial score (nSPS) is 23.3. The Labute approximate surface area is 91.7 Å². The fraction of sp³-hybridized carbons (Fsp3) is 0.600. The molecule has 1 aromatic rings. The first-order valence-electron chi connectivity index (χ1n) is 4.79. The monoisotopic (exact) mass is 259 g/mol. The van der Waals surface area contributed by atoms with E-state index in [1.54, 1.807) is 0 Å². The molecule has 1 aliphatic heterocycles. The van der Waals surface area contributed by atoms with Crippen LogP contribution in [0, 0.1) is 5.92 Å². The summed E-state index contributed by atoms with van der Waals surface area (Å²) in [5, 5.41) is 5.62. The minimum Gasteiger partial charge on any atom is -0.316 e. The van der Waals surface area contributed by atoms with Gasteiger partial charge in [-0.05, 0) is 65.6 Å². The number of piperidine rings is 1. The van der Waals surface area contributed by atoms with Crippen LogP contribution in [0.3, 0.4) is 0 Å². The Morgan fingerprint density at radius 1 is 1.62 bits per heavy atom. The maximum atomic E-state index is 3.58. The Morgan fingerprint density at radius 2 is 2.54 bits per heavy atom. The minimum atomic E-state index is 0.851. The fourth-order valence-corrected chi connectivity index (χ4v) is 3.46. The van der Waals surface area contributed by atoms with Gasteiger partial charge in [0.1, 0.15) is 0 Å². The van der Waals surface area contributed by atoms with Crippen LogP contribution in [0.4, 0.5) is 0 Å². The molecule has 13 heavy (non-hydrogen) atoms. The van der Waals surface area contributed by atoms with E-state index in [9.17, 15) is 0 Å². The summed E-state index contributed by atoms with van der Waals surface area (Å²) in [6.45, 7) is 2.41. The summed E-state index contributed by atoms with van der Waals surface area (Å²) in [4.78, 5) is 1.51. The van der Waals surface area contributed by atoms with Crippen molar-refractivity contribution < 1.29 is 0 Å². The van der Waals surface area contributed by atoms with Gasteiger partial charge < -0.3 is 5.32 Å². The van der Waals surface area contributed by atoms with E-state index in [0.717, 1.165) is 5.92 Å². The van der Waals surface area contributed by atoms with Gasteiger partial charge in [-0.2, -0.15) is 0 Å². The van der Waals surface area contributed by atoms with E-state index >= 15 is 0 Å². The second kappa shape index (κ2) is 4.58. The Morgan fingerprint density at radius 3 is 3.15 bits per heavy atom. The number of halogens is 1. The Balaban J connectivity index is 1.93. The lowest BCUT2D eigenvalue weighted by atomic mass is 9.96. The molecular weight excluding hydrogens is 246 g/mol. The molecule has 0 bridgehead atoms. The van der Waals surface area contributed by atoms with E-state index in [0.29, 0.717) is 0 Å². The molecule has 1 N–H and O–H groups in total. The summed E-state index contributed by atoms with van der Waals surface area (Å²) in [6.07, 6.45) is 3.97. The lowest BCUT2D eigenvalue weighted by molar-refractivity contribution is 0.377. The highest BCUT2D eigenvalue weighted by atomic mass is 79.9. The van der Waals surface area contributed by atoms with Crippen molar-refractivity contribution in [3.8, 4) is 0 Å². The second-order valence-corrected chi connectivity index (χ2v) is 5.46. The molecule has 0 aliphatic carbocycles. The predicted molar refractivity (Wildman–Crippen MR) is 61.3 cm³/mol. The van der Waals surface area contributed by atoms with Crippen LogP contribution in [0.1, 0.15) is 17.7 Å². The van der Waals surface area contributed by atoms with Crippen molar-refractivity contribution >= 4 is 27.3 Å². The van der Waals surface area contributed by atoms with E-state index in [2.05, 4.69) is 32.7 Å². The average molecular weight is 260 g/mol. The zero-order valence-corrected chi connectivity index (χ0v) is 9.96. The highest BCUT2D eigenvalue weighted by Gasteiger charge is 2.15. The zero-order valence-electron chi connectivity index (χ0n) is 7.55. The summed E-state index contributed by atoms with van der Waals surface area (Å²) in [5.41, 5.74) is 0. The van der Waals surface area contributed by atoms with Crippen LogP contribution in [0.25, 0.3) is 0 Å². The zero-order chi connectivity index (χ0) is 9.10. The van der Waals surface area contributed by atoms with Crippen LogP contribution in [0.2, 0.25) is 0 Å². The first kappa shape index (κ1) is 9.69. The average Bonchev–Trinajstić information content (AvgIpc) is 2.54. The predicted octanol–water partition coefficient (Wildman–Crippen LogP) is 3.05. The Bertz CT molecular complexity index is 266. The third kappa shape index (κ3) is 2.55. The molecule has 3 heteroatoms. The topological polar surface area (TPSA) is 12.0 Å². The highest BCUT2D eigenvalue weighted by Crippen LogP contribution is 2.27. The molecule has 0 amide bonds. The van der Waals surface area contributed by atoms with Gasteiger partial charge in [-0.25, -0.2) is 0 Å². The lowest BCUT2D eigenvalue weighted by Gasteiger charge is -2.22. The molecule has 1 aliphatic rings. The van der Waals surface area contributed by atoms with Gasteiger partial charge in [0.2, 0.25) is 0 Å². The van der Waals surface area contributed by atoms with Crippen LogP contribution in [0.15, 0.2) is 15.9 Å². The van der Waals surface area contributed by atoms with E-state index in [1.807, 2.05) is 11.3 Å². The Kier molecular flexibility index (Phi) is 3.41. The van der Waals surface area contributed by atoms with Gasteiger partial charge in [0.15, 0.2) is 0 Å². The molecule has 1 aromatic heterocycles. The molecule has 1 nitrogen and oxygen atoms in total. The van der Waals surface area contributed by atoms with Crippen LogP contribution >= 0.6 is 27.3 Å². The third-order valence-corrected chi connectivity index (χ3v) is 4.51. The van der Waals surface area contributed by atoms with Crippen molar-refractivity contribution in [2.24, 2.45) is 5.92 Å². The van der Waals surface area contributed by atoms with Crippen LogP contribution < -0.4 is 5.32 Å². The van der Waals surface area contributed by atoms with Crippen molar-refractivity contribution in [1.82, 2.24) is 5.32 Å². The quantitative estimate of drug-likeness (QED) is 0.861. The minimum absolute atomic E-state index is 0.851. The molecule has 1 fully saturated rings. The maximum absolute atomic E-state index is 3.58. The first-order chi connectivity index (χ1) is 6.36. The van der Waals surface area contributed by atoms with E-state index < -0.39 is 0 Å². The fourth-order valence-electron chi connectivity index (χ4n) is 1.83. The molecule has 0 aromatic carbocycles. The van der Waals surface area contributed by atoms with Crippen molar-refractivity contribution in [2.75, 3.05) is 13.1 Å². The van der Waals surface area contributed by atoms with Crippen molar-refractivity contribution in [2.45, 2.75) is 19.3 Å². The highest BCUT2D eigenvalue weighted by molar-refractivity contribution is 9.10. The van der Waals surface area contributed by atoms with E-state index in [-0.39, 0.29) is 0 Å². The molecule has 1 saturated heterocycles. The number of hydrogen-bond acceptors (Lipinski definition) is 2. The van der Waals surface area contributed by atoms with E-state index in [4.69, 9.17) is 0 Å². The second-order valence-electron chi connectivity index (χ2n) is 3.61. The summed E-state index contributed by atoms with van der Waals surface area (Å²) in [6, 6.07) is 2.15. The van der Waals surface area contributed by atoms with Crippen LogP contribution in [-0.2, 0) is 6.42 Å².